The lowest BCUT2D eigenvalue weighted by molar-refractivity contribution is -0.121. The van der Waals surface area contributed by atoms with Crippen LogP contribution in [0.1, 0.15) is 43.4 Å². The molecule has 0 radical (unpaired) electrons. The zero-order valence-corrected chi connectivity index (χ0v) is 28.2. The van der Waals surface area contributed by atoms with Crippen molar-refractivity contribution < 1.29 is 19.1 Å². The van der Waals surface area contributed by atoms with Crippen molar-refractivity contribution in [1.29, 1.82) is 0 Å². The van der Waals surface area contributed by atoms with Crippen molar-refractivity contribution >= 4 is 45.6 Å². The molecule has 50 heavy (non-hydrogen) atoms. The molecule has 0 aliphatic carbocycles. The maximum atomic E-state index is 13.3. The molecule has 1 aromatic carbocycles. The lowest BCUT2D eigenvalue weighted by atomic mass is 10.0. The summed E-state index contributed by atoms with van der Waals surface area (Å²) >= 11 is 0. The first-order chi connectivity index (χ1) is 24.4. The van der Waals surface area contributed by atoms with Gasteiger partial charge in [0.15, 0.2) is 6.23 Å². The third-order valence-corrected chi connectivity index (χ3v) is 9.31. The van der Waals surface area contributed by atoms with Gasteiger partial charge in [0, 0.05) is 80.1 Å². The van der Waals surface area contributed by atoms with Crippen LogP contribution in [0.3, 0.4) is 0 Å². The minimum atomic E-state index is -0.823. The predicted molar refractivity (Wildman–Crippen MR) is 192 cm³/mol. The van der Waals surface area contributed by atoms with Gasteiger partial charge in [-0.25, -0.2) is 4.98 Å². The van der Waals surface area contributed by atoms with E-state index in [9.17, 15) is 14.4 Å². The zero-order chi connectivity index (χ0) is 34.5. The van der Waals surface area contributed by atoms with Gasteiger partial charge in [-0.05, 0) is 67.9 Å². The van der Waals surface area contributed by atoms with Crippen LogP contribution in [0.5, 0.6) is 11.8 Å². The Hall–Kier alpha value is -5.36. The number of aryl methyl sites for hydroxylation is 2. The van der Waals surface area contributed by atoms with Crippen LogP contribution >= 0.6 is 0 Å². The summed E-state index contributed by atoms with van der Waals surface area (Å²) in [6.45, 7) is 7.41. The maximum Gasteiger partial charge on any atom is 0.249 e. The fourth-order valence-corrected chi connectivity index (χ4v) is 6.74. The maximum absolute atomic E-state index is 13.3. The third kappa shape index (κ3) is 7.45. The number of ether oxygens (including phenoxy) is 2. The second kappa shape index (κ2) is 15.0. The monoisotopic (exact) mass is 675 g/mol. The molecule has 12 nitrogen and oxygen atoms in total. The summed E-state index contributed by atoms with van der Waals surface area (Å²) in [6.07, 6.45) is 3.11. The Morgan fingerprint density at radius 3 is 2.54 bits per heavy atom. The second-order valence-electron chi connectivity index (χ2n) is 12.8. The van der Waals surface area contributed by atoms with E-state index in [1.54, 1.807) is 18.2 Å². The van der Waals surface area contributed by atoms with E-state index in [-0.39, 0.29) is 30.2 Å². The number of nitrogens with one attached hydrogen (secondary N) is 1. The molecule has 0 bridgehead atoms. The van der Waals surface area contributed by atoms with Gasteiger partial charge in [0.1, 0.15) is 23.6 Å². The smallest absolute Gasteiger partial charge is 0.249 e. The Morgan fingerprint density at radius 1 is 0.860 bits per heavy atom. The third-order valence-electron chi connectivity index (χ3n) is 9.31. The number of fused-ring (bicyclic) bond motifs is 3. The second-order valence-corrected chi connectivity index (χ2v) is 12.8. The highest BCUT2D eigenvalue weighted by Gasteiger charge is 2.34. The van der Waals surface area contributed by atoms with Crippen LogP contribution in [0.25, 0.3) is 21.8 Å². The SMILES string of the molecule is Cc1cc2ccccc2c(N2CCN(CCCCOc3ccc4c(n3)N(C(CCC=O)Oc3ccc5ccc(=O)[nH]c5n3)C(=O)CC4)CC2)n1. The number of rotatable bonds is 13. The Morgan fingerprint density at radius 2 is 1.68 bits per heavy atom. The molecular formula is C38H41N7O5. The number of anilines is 2. The molecule has 12 heteroatoms. The summed E-state index contributed by atoms with van der Waals surface area (Å²) in [4.78, 5) is 59.8. The van der Waals surface area contributed by atoms with E-state index in [0.29, 0.717) is 36.8 Å². The first kappa shape index (κ1) is 33.2. The summed E-state index contributed by atoms with van der Waals surface area (Å²) in [5, 5.41) is 3.18. The van der Waals surface area contributed by atoms with E-state index >= 15 is 0 Å². The zero-order valence-electron chi connectivity index (χ0n) is 28.2. The van der Waals surface area contributed by atoms with E-state index in [1.165, 1.54) is 21.7 Å². The van der Waals surface area contributed by atoms with E-state index in [1.807, 2.05) is 12.1 Å². The molecule has 4 aromatic heterocycles. The number of aldehydes is 1. The lowest BCUT2D eigenvalue weighted by Crippen LogP contribution is -2.47. The number of pyridine rings is 4. The van der Waals surface area contributed by atoms with Gasteiger partial charge >= 0.3 is 0 Å². The van der Waals surface area contributed by atoms with E-state index in [2.05, 4.69) is 57.0 Å². The molecule has 0 spiro atoms. The van der Waals surface area contributed by atoms with Crippen molar-refractivity contribution in [3.63, 3.8) is 0 Å². The number of unbranched alkanes of at least 4 members (excludes halogenated alkanes) is 1. The standard InChI is InChI=1S/C38H41N7O5/c1-26-25-29-7-2-3-8-30(29)38(39-26)44-21-19-43(20-22-44)18-4-5-24-49-32-15-12-28-13-17-34(48)45(37(28)42-32)35(9-6-23-46)50-33-16-11-27-10-14-31(47)40-36(27)41-33/h2-3,7-8,10-12,14-16,23,25,35H,4-6,9,13,17-22,24H2,1H3,(H,40,41,47). The Kier molecular flexibility index (Phi) is 9.97. The average molecular weight is 676 g/mol. The van der Waals surface area contributed by atoms with Gasteiger partial charge < -0.3 is 24.2 Å². The summed E-state index contributed by atoms with van der Waals surface area (Å²) in [7, 11) is 0. The molecule has 6 heterocycles. The molecule has 2 aliphatic rings. The molecule has 1 amide bonds. The van der Waals surface area contributed by atoms with Gasteiger partial charge in [-0.1, -0.05) is 24.3 Å². The van der Waals surface area contributed by atoms with Gasteiger partial charge in [0.05, 0.1) is 6.61 Å². The average Bonchev–Trinajstić information content (AvgIpc) is 3.13. The van der Waals surface area contributed by atoms with Crippen molar-refractivity contribution in [2.75, 3.05) is 49.1 Å². The molecule has 1 fully saturated rings. The van der Waals surface area contributed by atoms with Crippen molar-refractivity contribution in [3.05, 3.63) is 88.3 Å². The van der Waals surface area contributed by atoms with Crippen LogP contribution in [0, 0.1) is 6.92 Å². The van der Waals surface area contributed by atoms with Crippen molar-refractivity contribution in [1.82, 2.24) is 24.8 Å². The fourth-order valence-electron chi connectivity index (χ4n) is 6.74. The van der Waals surface area contributed by atoms with E-state index in [0.717, 1.165) is 74.3 Å². The molecule has 7 rings (SSSR count). The number of benzene rings is 1. The summed E-state index contributed by atoms with van der Waals surface area (Å²) in [6, 6.07) is 21.0. The summed E-state index contributed by atoms with van der Waals surface area (Å²) in [5.74, 6) is 2.06. The van der Waals surface area contributed by atoms with Gasteiger partial charge in [-0.3, -0.25) is 19.4 Å². The number of carbonyl (C=O) groups is 2. The number of piperazine rings is 1. The number of carbonyl (C=O) groups excluding carboxylic acids is 2. The van der Waals surface area contributed by atoms with Crippen LogP contribution in [-0.2, 0) is 16.0 Å². The van der Waals surface area contributed by atoms with Gasteiger partial charge in [0.2, 0.25) is 23.2 Å². The fraction of sp³-hybridized carbons (Fsp3) is 0.368. The predicted octanol–water partition coefficient (Wildman–Crippen LogP) is 4.82. The van der Waals surface area contributed by atoms with Crippen molar-refractivity contribution in [2.24, 2.45) is 0 Å². The highest BCUT2D eigenvalue weighted by molar-refractivity contribution is 5.96. The number of aromatic nitrogens is 4. The highest BCUT2D eigenvalue weighted by atomic mass is 16.5. The molecule has 1 saturated heterocycles. The molecule has 1 N–H and O–H groups in total. The molecule has 1 atom stereocenters. The number of hydrogen-bond acceptors (Lipinski definition) is 10. The number of nitrogens with zero attached hydrogens (tertiary/aromatic N) is 6. The normalized spacial score (nSPS) is 15.7. The molecule has 2 aliphatic heterocycles. The number of H-pyrrole nitrogens is 1. The highest BCUT2D eigenvalue weighted by Crippen LogP contribution is 2.32. The lowest BCUT2D eigenvalue weighted by Gasteiger charge is -2.36. The van der Waals surface area contributed by atoms with Crippen molar-refractivity contribution in [2.45, 2.75) is 51.7 Å². The molecule has 0 saturated carbocycles. The summed E-state index contributed by atoms with van der Waals surface area (Å²) < 4.78 is 12.3. The number of amides is 1. The largest absolute Gasteiger partial charge is 0.478 e. The topological polar surface area (TPSA) is 134 Å². The Balaban J connectivity index is 0.947. The number of hydrogen-bond donors (Lipinski definition) is 1. The Labute approximate surface area is 290 Å². The molecular weight excluding hydrogens is 634 g/mol. The Bertz CT molecular complexity index is 2060. The van der Waals surface area contributed by atoms with E-state index < -0.39 is 6.23 Å². The number of aromatic amines is 1. The molecule has 1 unspecified atom stereocenters. The van der Waals surface area contributed by atoms with Gasteiger partial charge in [-0.2, -0.15) is 9.97 Å². The van der Waals surface area contributed by atoms with Crippen LogP contribution < -0.4 is 24.8 Å². The van der Waals surface area contributed by atoms with Gasteiger partial charge in [-0.15, -0.1) is 0 Å². The van der Waals surface area contributed by atoms with Crippen LogP contribution in [0.15, 0.2) is 71.5 Å². The summed E-state index contributed by atoms with van der Waals surface area (Å²) in [5.41, 5.74) is 2.04. The first-order valence-electron chi connectivity index (χ1n) is 17.3. The first-order valence-corrected chi connectivity index (χ1v) is 17.3. The van der Waals surface area contributed by atoms with Gasteiger partial charge in [0.25, 0.3) is 0 Å². The van der Waals surface area contributed by atoms with Crippen molar-refractivity contribution in [3.8, 4) is 11.8 Å². The van der Waals surface area contributed by atoms with Crippen LogP contribution in [0.2, 0.25) is 0 Å². The quantitative estimate of drug-likeness (QED) is 0.137. The van der Waals surface area contributed by atoms with E-state index in [4.69, 9.17) is 19.4 Å². The molecule has 5 aromatic rings. The van der Waals surface area contributed by atoms with Crippen LogP contribution in [0.4, 0.5) is 11.6 Å². The minimum absolute atomic E-state index is 0.154. The van der Waals surface area contributed by atoms with Crippen LogP contribution in [-0.4, -0.2) is 82.6 Å². The minimum Gasteiger partial charge on any atom is -0.478 e. The molecule has 258 valence electrons.